The summed E-state index contributed by atoms with van der Waals surface area (Å²) < 4.78 is 14.8. The third-order valence-electron chi connectivity index (χ3n) is 4.09. The molecule has 1 amide bonds. The van der Waals surface area contributed by atoms with Gasteiger partial charge in [-0.15, -0.1) is 0 Å². The Balaban J connectivity index is 1.86. The molecule has 1 aliphatic heterocycles. The van der Waals surface area contributed by atoms with Gasteiger partial charge in [0.15, 0.2) is 0 Å². The van der Waals surface area contributed by atoms with Crippen molar-refractivity contribution in [1.82, 2.24) is 15.1 Å². The number of amides is 1. The van der Waals surface area contributed by atoms with Crippen molar-refractivity contribution in [2.45, 2.75) is 13.0 Å². The summed E-state index contributed by atoms with van der Waals surface area (Å²) in [5.74, 6) is -0.464. The molecule has 23 heavy (non-hydrogen) atoms. The average molecular weight is 307 g/mol. The van der Waals surface area contributed by atoms with Crippen LogP contribution in [0.25, 0.3) is 5.69 Å². The van der Waals surface area contributed by atoms with E-state index in [1.54, 1.807) is 16.8 Å². The number of fused-ring (bicyclic) bond motifs is 1. The zero-order valence-corrected chi connectivity index (χ0v) is 12.5. The summed E-state index contributed by atoms with van der Waals surface area (Å²) in [6, 6.07) is 15.4. The maximum Gasteiger partial charge on any atom is 0.271 e. The molecule has 2 aromatic carbocycles. The molecule has 0 spiro atoms. The molecular formula is C18H14FN3O. The number of aromatic nitrogens is 2. The largest absolute Gasteiger partial charge is 0.340 e. The van der Waals surface area contributed by atoms with Crippen molar-refractivity contribution in [3.8, 4) is 5.69 Å². The number of carbonyl (C=O) groups is 1. The first-order valence-corrected chi connectivity index (χ1v) is 7.36. The van der Waals surface area contributed by atoms with Gasteiger partial charge in [-0.2, -0.15) is 5.10 Å². The lowest BCUT2D eigenvalue weighted by atomic mass is 10.00. The Labute approximate surface area is 132 Å². The van der Waals surface area contributed by atoms with Gasteiger partial charge in [-0.25, -0.2) is 9.07 Å². The van der Waals surface area contributed by atoms with Crippen molar-refractivity contribution >= 4 is 5.91 Å². The minimum Gasteiger partial charge on any atom is -0.340 e. The van der Waals surface area contributed by atoms with Crippen LogP contribution >= 0.6 is 0 Å². The van der Waals surface area contributed by atoms with Crippen LogP contribution in [0, 0.1) is 12.7 Å². The van der Waals surface area contributed by atoms with Gasteiger partial charge in [-0.05, 0) is 36.8 Å². The van der Waals surface area contributed by atoms with Gasteiger partial charge in [0, 0.05) is 5.56 Å². The quantitative estimate of drug-likeness (QED) is 0.790. The van der Waals surface area contributed by atoms with Gasteiger partial charge in [0.2, 0.25) is 0 Å². The predicted molar refractivity (Wildman–Crippen MR) is 84.0 cm³/mol. The molecule has 3 aromatic rings. The highest BCUT2D eigenvalue weighted by molar-refractivity contribution is 5.99. The number of benzene rings is 2. The Bertz CT molecular complexity index is 885. The second-order valence-electron chi connectivity index (χ2n) is 5.55. The number of halogens is 1. The molecule has 1 aliphatic rings. The number of hydrogen-bond acceptors (Lipinski definition) is 2. The van der Waals surface area contributed by atoms with Crippen molar-refractivity contribution in [3.63, 3.8) is 0 Å². The summed E-state index contributed by atoms with van der Waals surface area (Å²) in [6.45, 7) is 1.88. The molecule has 4 nitrogen and oxygen atoms in total. The molecule has 0 bridgehead atoms. The van der Waals surface area contributed by atoms with E-state index in [1.807, 2.05) is 37.3 Å². The molecule has 1 atom stereocenters. The van der Waals surface area contributed by atoms with Crippen LogP contribution in [0.15, 0.2) is 54.6 Å². The normalized spacial score (nSPS) is 16.3. The number of aryl methyl sites for hydroxylation is 1. The second-order valence-corrected chi connectivity index (χ2v) is 5.55. The van der Waals surface area contributed by atoms with E-state index in [2.05, 4.69) is 10.4 Å². The van der Waals surface area contributed by atoms with Crippen LogP contribution in [0.2, 0.25) is 0 Å². The summed E-state index contributed by atoms with van der Waals surface area (Å²) in [4.78, 5) is 12.5. The van der Waals surface area contributed by atoms with Crippen LogP contribution in [-0.4, -0.2) is 15.7 Å². The van der Waals surface area contributed by atoms with Gasteiger partial charge in [-0.1, -0.05) is 30.3 Å². The Hall–Kier alpha value is -2.95. The van der Waals surface area contributed by atoms with E-state index in [1.165, 1.54) is 12.1 Å². The van der Waals surface area contributed by atoms with E-state index in [-0.39, 0.29) is 17.8 Å². The number of nitrogens with one attached hydrogen (secondary N) is 1. The first-order chi connectivity index (χ1) is 11.1. The summed E-state index contributed by atoms with van der Waals surface area (Å²) in [5, 5.41) is 7.49. The fourth-order valence-corrected chi connectivity index (χ4v) is 3.04. The molecule has 5 heteroatoms. The monoisotopic (exact) mass is 307 g/mol. The molecule has 114 valence electrons. The van der Waals surface area contributed by atoms with Crippen molar-refractivity contribution < 1.29 is 9.18 Å². The maximum atomic E-state index is 13.1. The number of para-hydroxylation sites is 1. The SMILES string of the molecule is Cc1nn(-c2ccccc2)c2c1C(c1ccc(F)cc1)NC2=O. The molecule has 0 aliphatic carbocycles. The molecule has 1 unspecified atom stereocenters. The smallest absolute Gasteiger partial charge is 0.271 e. The van der Waals surface area contributed by atoms with E-state index in [4.69, 9.17) is 0 Å². The van der Waals surface area contributed by atoms with Gasteiger partial charge in [0.1, 0.15) is 11.5 Å². The summed E-state index contributed by atoms with van der Waals surface area (Å²) >= 11 is 0. The van der Waals surface area contributed by atoms with Crippen molar-refractivity contribution in [2.75, 3.05) is 0 Å². The van der Waals surface area contributed by atoms with Gasteiger partial charge in [0.05, 0.1) is 17.4 Å². The summed E-state index contributed by atoms with van der Waals surface area (Å²) in [5.41, 5.74) is 3.87. The van der Waals surface area contributed by atoms with E-state index >= 15 is 0 Å². The van der Waals surface area contributed by atoms with Crippen LogP contribution in [0.3, 0.4) is 0 Å². The fraction of sp³-hybridized carbons (Fsp3) is 0.111. The van der Waals surface area contributed by atoms with Crippen LogP contribution in [0.1, 0.15) is 33.4 Å². The molecule has 0 saturated heterocycles. The van der Waals surface area contributed by atoms with Crippen LogP contribution in [0.4, 0.5) is 4.39 Å². The Morgan fingerprint density at radius 2 is 1.78 bits per heavy atom. The van der Waals surface area contributed by atoms with Crippen molar-refractivity contribution in [1.29, 1.82) is 0 Å². The van der Waals surface area contributed by atoms with Crippen LogP contribution in [-0.2, 0) is 0 Å². The van der Waals surface area contributed by atoms with E-state index in [0.717, 1.165) is 22.5 Å². The standard InChI is InChI=1S/C18H14FN3O/c1-11-15-16(12-7-9-13(19)10-8-12)20-18(23)17(15)22(21-11)14-5-3-2-4-6-14/h2-10,16H,1H3,(H,20,23). The number of nitrogens with zero attached hydrogens (tertiary/aromatic N) is 2. The Morgan fingerprint density at radius 3 is 2.48 bits per heavy atom. The highest BCUT2D eigenvalue weighted by Gasteiger charge is 2.36. The van der Waals surface area contributed by atoms with Gasteiger partial charge < -0.3 is 5.32 Å². The maximum absolute atomic E-state index is 13.1. The summed E-state index contributed by atoms with van der Waals surface area (Å²) in [6.07, 6.45) is 0. The van der Waals surface area contributed by atoms with Crippen molar-refractivity contribution in [2.24, 2.45) is 0 Å². The first kappa shape index (κ1) is 13.7. The lowest BCUT2D eigenvalue weighted by Crippen LogP contribution is -2.22. The molecule has 1 N–H and O–H groups in total. The van der Waals surface area contributed by atoms with Crippen LogP contribution < -0.4 is 5.32 Å². The molecule has 2 heterocycles. The Morgan fingerprint density at radius 1 is 1.09 bits per heavy atom. The number of rotatable bonds is 2. The molecule has 0 saturated carbocycles. The van der Waals surface area contributed by atoms with Crippen molar-refractivity contribution in [3.05, 3.63) is 82.9 Å². The lowest BCUT2D eigenvalue weighted by Gasteiger charge is -2.11. The lowest BCUT2D eigenvalue weighted by molar-refractivity contribution is 0.0953. The average Bonchev–Trinajstić information content (AvgIpc) is 3.09. The zero-order chi connectivity index (χ0) is 16.0. The van der Waals surface area contributed by atoms with Gasteiger partial charge in [-0.3, -0.25) is 4.79 Å². The first-order valence-electron chi connectivity index (χ1n) is 7.36. The Kier molecular flexibility index (Phi) is 3.01. The van der Waals surface area contributed by atoms with Gasteiger partial charge in [0.25, 0.3) is 5.91 Å². The van der Waals surface area contributed by atoms with E-state index < -0.39 is 0 Å². The van der Waals surface area contributed by atoms with Gasteiger partial charge >= 0.3 is 0 Å². The molecule has 0 fully saturated rings. The topological polar surface area (TPSA) is 46.9 Å². The summed E-state index contributed by atoms with van der Waals surface area (Å²) in [7, 11) is 0. The number of carbonyl (C=O) groups excluding carboxylic acids is 1. The highest BCUT2D eigenvalue weighted by Crippen LogP contribution is 2.34. The molecular weight excluding hydrogens is 293 g/mol. The predicted octanol–water partition coefficient (Wildman–Crippen LogP) is 3.15. The minimum absolute atomic E-state index is 0.168. The fourth-order valence-electron chi connectivity index (χ4n) is 3.04. The zero-order valence-electron chi connectivity index (χ0n) is 12.5. The molecule has 1 aromatic heterocycles. The number of hydrogen-bond donors (Lipinski definition) is 1. The highest BCUT2D eigenvalue weighted by atomic mass is 19.1. The van der Waals surface area contributed by atoms with Crippen LogP contribution in [0.5, 0.6) is 0 Å². The van der Waals surface area contributed by atoms with E-state index in [9.17, 15) is 9.18 Å². The minimum atomic E-state index is -0.296. The second kappa shape index (κ2) is 5.05. The molecule has 4 rings (SSSR count). The molecule has 0 radical (unpaired) electrons. The third kappa shape index (κ3) is 2.12. The van der Waals surface area contributed by atoms with E-state index in [0.29, 0.717) is 5.69 Å². The third-order valence-corrected chi connectivity index (χ3v) is 4.09.